The topological polar surface area (TPSA) is 43.4 Å². The Hall–Kier alpha value is -1.12. The van der Waals surface area contributed by atoms with Gasteiger partial charge >= 0.3 is 5.97 Å². The molecule has 0 unspecified atom stereocenters. The molecule has 0 aromatic heterocycles. The second-order valence-corrected chi connectivity index (χ2v) is 3.69. The first-order valence-electron chi connectivity index (χ1n) is 4.92. The highest BCUT2D eigenvalue weighted by Crippen LogP contribution is 2.36. The fraction of sp³-hybridized carbons (Fsp3) is 0.636. The number of hydrogen-bond acceptors (Lipinski definition) is 3. The van der Waals surface area contributed by atoms with Crippen LogP contribution in [0, 0.1) is 5.41 Å². The van der Waals surface area contributed by atoms with Crippen LogP contribution < -0.4 is 0 Å². The lowest BCUT2D eigenvalue weighted by Gasteiger charge is -2.30. The third-order valence-electron chi connectivity index (χ3n) is 2.97. The molecule has 3 nitrogen and oxygen atoms in total. The van der Waals surface area contributed by atoms with Crippen LogP contribution in [-0.2, 0) is 14.3 Å². The molecule has 3 heteroatoms. The van der Waals surface area contributed by atoms with Gasteiger partial charge in [-0.1, -0.05) is 13.0 Å². The van der Waals surface area contributed by atoms with Gasteiger partial charge in [-0.3, -0.25) is 9.59 Å². The van der Waals surface area contributed by atoms with Crippen LogP contribution in [0.4, 0.5) is 0 Å². The third kappa shape index (κ3) is 2.03. The SMILES string of the molecule is CC[C@@]1(CC(=O)OC)CCC=CC1=O. The summed E-state index contributed by atoms with van der Waals surface area (Å²) < 4.78 is 4.61. The number of esters is 1. The zero-order chi connectivity index (χ0) is 10.6. The zero-order valence-corrected chi connectivity index (χ0v) is 8.71. The molecule has 14 heavy (non-hydrogen) atoms. The molecule has 0 saturated carbocycles. The van der Waals surface area contributed by atoms with Gasteiger partial charge in [-0.05, 0) is 25.3 Å². The fourth-order valence-corrected chi connectivity index (χ4v) is 1.85. The van der Waals surface area contributed by atoms with E-state index >= 15 is 0 Å². The summed E-state index contributed by atoms with van der Waals surface area (Å²) in [6, 6.07) is 0. The summed E-state index contributed by atoms with van der Waals surface area (Å²) in [5.74, 6) is -0.229. The molecule has 0 heterocycles. The van der Waals surface area contributed by atoms with E-state index in [-0.39, 0.29) is 18.2 Å². The van der Waals surface area contributed by atoms with Crippen LogP contribution in [0.25, 0.3) is 0 Å². The Balaban J connectivity index is 2.80. The van der Waals surface area contributed by atoms with Crippen LogP contribution in [0.3, 0.4) is 0 Å². The molecule has 0 saturated heterocycles. The van der Waals surface area contributed by atoms with Crippen LogP contribution in [-0.4, -0.2) is 18.9 Å². The quantitative estimate of drug-likeness (QED) is 0.647. The van der Waals surface area contributed by atoms with E-state index in [2.05, 4.69) is 4.74 Å². The summed E-state index contributed by atoms with van der Waals surface area (Å²) in [6.45, 7) is 1.94. The van der Waals surface area contributed by atoms with Gasteiger partial charge in [-0.2, -0.15) is 0 Å². The lowest BCUT2D eigenvalue weighted by Crippen LogP contribution is -2.34. The Morgan fingerprint density at radius 1 is 1.64 bits per heavy atom. The van der Waals surface area contributed by atoms with Gasteiger partial charge in [0.2, 0.25) is 0 Å². The van der Waals surface area contributed by atoms with Crippen molar-refractivity contribution in [1.29, 1.82) is 0 Å². The summed E-state index contributed by atoms with van der Waals surface area (Å²) in [4.78, 5) is 22.9. The largest absolute Gasteiger partial charge is 0.469 e. The molecule has 1 rings (SSSR count). The smallest absolute Gasteiger partial charge is 0.306 e. The van der Waals surface area contributed by atoms with E-state index in [1.165, 1.54) is 7.11 Å². The van der Waals surface area contributed by atoms with Crippen molar-refractivity contribution in [2.24, 2.45) is 5.41 Å². The molecule has 0 radical (unpaired) electrons. The van der Waals surface area contributed by atoms with Gasteiger partial charge in [0, 0.05) is 5.41 Å². The van der Waals surface area contributed by atoms with Gasteiger partial charge < -0.3 is 4.74 Å². The number of rotatable bonds is 3. The molecule has 0 N–H and O–H groups in total. The van der Waals surface area contributed by atoms with Crippen molar-refractivity contribution in [1.82, 2.24) is 0 Å². The van der Waals surface area contributed by atoms with Crippen LogP contribution in [0.1, 0.15) is 32.6 Å². The molecule has 1 aliphatic rings. The highest BCUT2D eigenvalue weighted by Gasteiger charge is 2.38. The number of carbonyl (C=O) groups excluding carboxylic acids is 2. The molecule has 0 bridgehead atoms. The van der Waals surface area contributed by atoms with E-state index in [0.717, 1.165) is 12.8 Å². The third-order valence-corrected chi connectivity index (χ3v) is 2.97. The molecule has 0 spiro atoms. The first-order chi connectivity index (χ1) is 6.64. The second kappa shape index (κ2) is 4.40. The number of ketones is 1. The maximum atomic E-state index is 11.7. The maximum absolute atomic E-state index is 11.7. The Morgan fingerprint density at radius 2 is 2.36 bits per heavy atom. The van der Waals surface area contributed by atoms with Gasteiger partial charge in [0.05, 0.1) is 13.5 Å². The van der Waals surface area contributed by atoms with Gasteiger partial charge in [-0.15, -0.1) is 0 Å². The predicted molar refractivity (Wildman–Crippen MR) is 52.7 cm³/mol. The Morgan fingerprint density at radius 3 is 2.86 bits per heavy atom. The monoisotopic (exact) mass is 196 g/mol. The summed E-state index contributed by atoms with van der Waals surface area (Å²) in [6.07, 6.45) is 6.00. The number of methoxy groups -OCH3 is 1. The number of carbonyl (C=O) groups is 2. The Labute approximate surface area is 84.1 Å². The van der Waals surface area contributed by atoms with Crippen molar-refractivity contribution in [2.45, 2.75) is 32.6 Å². The summed E-state index contributed by atoms with van der Waals surface area (Å²) in [5.41, 5.74) is -0.498. The standard InChI is InChI=1S/C11H16O3/c1-3-11(8-10(13)14-2)7-5-4-6-9(11)12/h4,6H,3,5,7-8H2,1-2H3/t11-/m0/s1. The molecular formula is C11H16O3. The van der Waals surface area contributed by atoms with Crippen LogP contribution >= 0.6 is 0 Å². The van der Waals surface area contributed by atoms with Gasteiger partial charge in [0.15, 0.2) is 5.78 Å². The van der Waals surface area contributed by atoms with E-state index in [9.17, 15) is 9.59 Å². The molecule has 0 fully saturated rings. The molecular weight excluding hydrogens is 180 g/mol. The van der Waals surface area contributed by atoms with Crippen molar-refractivity contribution in [3.05, 3.63) is 12.2 Å². The molecule has 78 valence electrons. The van der Waals surface area contributed by atoms with E-state index in [1.54, 1.807) is 6.08 Å². The van der Waals surface area contributed by atoms with Gasteiger partial charge in [0.25, 0.3) is 0 Å². The van der Waals surface area contributed by atoms with Gasteiger partial charge in [0.1, 0.15) is 0 Å². The first kappa shape index (κ1) is 11.0. The van der Waals surface area contributed by atoms with Crippen molar-refractivity contribution in [3.8, 4) is 0 Å². The van der Waals surface area contributed by atoms with Crippen molar-refractivity contribution < 1.29 is 14.3 Å². The average molecular weight is 196 g/mol. The summed E-state index contributed by atoms with van der Waals surface area (Å²) in [5, 5.41) is 0. The molecule has 1 atom stereocenters. The minimum absolute atomic E-state index is 0.0663. The van der Waals surface area contributed by atoms with Crippen LogP contribution in [0.5, 0.6) is 0 Å². The average Bonchev–Trinajstić information content (AvgIpc) is 2.21. The summed E-state index contributed by atoms with van der Waals surface area (Å²) >= 11 is 0. The second-order valence-electron chi connectivity index (χ2n) is 3.69. The highest BCUT2D eigenvalue weighted by molar-refractivity contribution is 5.97. The molecule has 0 aromatic carbocycles. The van der Waals surface area contributed by atoms with E-state index in [0.29, 0.717) is 6.42 Å². The van der Waals surface area contributed by atoms with E-state index in [1.807, 2.05) is 13.0 Å². The van der Waals surface area contributed by atoms with Crippen LogP contribution in [0.15, 0.2) is 12.2 Å². The number of hydrogen-bond donors (Lipinski definition) is 0. The molecule has 1 aliphatic carbocycles. The fourth-order valence-electron chi connectivity index (χ4n) is 1.85. The lowest BCUT2D eigenvalue weighted by molar-refractivity contribution is -0.147. The van der Waals surface area contributed by atoms with E-state index < -0.39 is 5.41 Å². The van der Waals surface area contributed by atoms with Crippen molar-refractivity contribution in [2.75, 3.05) is 7.11 Å². The summed E-state index contributed by atoms with van der Waals surface area (Å²) in [7, 11) is 1.36. The van der Waals surface area contributed by atoms with Crippen molar-refractivity contribution >= 4 is 11.8 Å². The minimum atomic E-state index is -0.498. The molecule has 0 amide bonds. The predicted octanol–water partition coefficient (Wildman–Crippen LogP) is 1.86. The lowest BCUT2D eigenvalue weighted by atomic mass is 9.71. The highest BCUT2D eigenvalue weighted by atomic mass is 16.5. The van der Waals surface area contributed by atoms with Gasteiger partial charge in [-0.25, -0.2) is 0 Å². The van der Waals surface area contributed by atoms with Crippen molar-refractivity contribution in [3.63, 3.8) is 0 Å². The number of ether oxygens (including phenoxy) is 1. The minimum Gasteiger partial charge on any atom is -0.469 e. The van der Waals surface area contributed by atoms with Crippen LogP contribution in [0.2, 0.25) is 0 Å². The Kier molecular flexibility index (Phi) is 3.44. The number of allylic oxidation sites excluding steroid dienone is 2. The zero-order valence-electron chi connectivity index (χ0n) is 8.71. The van der Waals surface area contributed by atoms with E-state index in [4.69, 9.17) is 0 Å². The normalized spacial score (nSPS) is 26.3. The maximum Gasteiger partial charge on any atom is 0.306 e. The molecule has 0 aromatic rings. The first-order valence-corrected chi connectivity index (χ1v) is 4.92. The Bertz CT molecular complexity index is 268. The molecule has 0 aliphatic heterocycles.